The number of benzene rings is 2. The molecular formula is C30H44BFO4Si. The first-order valence-electron chi connectivity index (χ1n) is 13.5. The van der Waals surface area contributed by atoms with Crippen molar-refractivity contribution in [3.05, 3.63) is 35.6 Å². The van der Waals surface area contributed by atoms with Crippen LogP contribution < -0.4 is 10.2 Å². The van der Waals surface area contributed by atoms with Gasteiger partial charge in [-0.2, -0.15) is 0 Å². The lowest BCUT2D eigenvalue weighted by Gasteiger charge is -2.38. The molecule has 0 amide bonds. The van der Waals surface area contributed by atoms with Gasteiger partial charge in [0.25, 0.3) is 0 Å². The Morgan fingerprint density at radius 1 is 0.946 bits per heavy atom. The molecule has 0 radical (unpaired) electrons. The van der Waals surface area contributed by atoms with Crippen molar-refractivity contribution < 1.29 is 23.2 Å². The number of hydrogen-bond donors (Lipinski definition) is 0. The molecule has 1 heterocycles. The molecule has 0 aromatic heterocycles. The Bertz CT molecular complexity index is 1140. The van der Waals surface area contributed by atoms with E-state index in [0.717, 1.165) is 10.8 Å². The molecular weight excluding hydrogens is 482 g/mol. The van der Waals surface area contributed by atoms with E-state index in [1.807, 2.05) is 46.8 Å². The van der Waals surface area contributed by atoms with Gasteiger partial charge in [0.1, 0.15) is 19.6 Å². The van der Waals surface area contributed by atoms with Crippen molar-refractivity contribution in [2.24, 2.45) is 0 Å². The van der Waals surface area contributed by atoms with Crippen LogP contribution in [0.3, 0.4) is 0 Å². The third kappa shape index (κ3) is 5.64. The largest absolute Gasteiger partial charge is 0.495 e. The average Bonchev–Trinajstić information content (AvgIpc) is 3.01. The molecule has 7 heteroatoms. The van der Waals surface area contributed by atoms with Crippen LogP contribution in [0, 0.1) is 17.3 Å². The molecule has 2 aromatic carbocycles. The van der Waals surface area contributed by atoms with E-state index < -0.39 is 26.4 Å². The summed E-state index contributed by atoms with van der Waals surface area (Å²) >= 11 is 0. The second kappa shape index (κ2) is 11.1. The van der Waals surface area contributed by atoms with Gasteiger partial charge >= 0.3 is 7.12 Å². The number of rotatable bonds is 8. The highest BCUT2D eigenvalue weighted by Crippen LogP contribution is 2.41. The maximum atomic E-state index is 15.6. The van der Waals surface area contributed by atoms with Gasteiger partial charge in [-0.3, -0.25) is 0 Å². The average molecular weight is 527 g/mol. The minimum absolute atomic E-state index is 0.129. The topological polar surface area (TPSA) is 36.9 Å². The van der Waals surface area contributed by atoms with Crippen LogP contribution >= 0.6 is 0 Å². The van der Waals surface area contributed by atoms with Crippen molar-refractivity contribution in [1.82, 2.24) is 0 Å². The van der Waals surface area contributed by atoms with Crippen LogP contribution in [0.4, 0.5) is 4.39 Å². The zero-order valence-corrected chi connectivity index (χ0v) is 25.5. The molecule has 0 atom stereocenters. The first kappa shape index (κ1) is 29.7. The van der Waals surface area contributed by atoms with E-state index in [9.17, 15) is 0 Å². The van der Waals surface area contributed by atoms with Gasteiger partial charge in [0.2, 0.25) is 0 Å². The fourth-order valence-electron chi connectivity index (χ4n) is 5.60. The van der Waals surface area contributed by atoms with Crippen molar-refractivity contribution >= 4 is 31.4 Å². The van der Waals surface area contributed by atoms with Crippen molar-refractivity contribution in [3.63, 3.8) is 0 Å². The summed E-state index contributed by atoms with van der Waals surface area (Å²) in [6.07, 6.45) is 0. The van der Waals surface area contributed by atoms with Crippen LogP contribution in [0.5, 0.6) is 5.75 Å². The molecule has 1 aliphatic rings. The second-order valence-electron chi connectivity index (χ2n) is 12.0. The van der Waals surface area contributed by atoms with E-state index in [2.05, 4.69) is 53.0 Å². The third-order valence-corrected chi connectivity index (χ3v) is 14.7. The molecule has 2 aromatic rings. The summed E-state index contributed by atoms with van der Waals surface area (Å²) in [7, 11) is -2.77. The molecule has 0 spiro atoms. The molecule has 4 nitrogen and oxygen atoms in total. The summed E-state index contributed by atoms with van der Waals surface area (Å²) in [5, 5.41) is 1.55. The summed E-state index contributed by atoms with van der Waals surface area (Å²) in [4.78, 5) is 0. The summed E-state index contributed by atoms with van der Waals surface area (Å²) in [5.74, 6) is 3.66. The van der Waals surface area contributed by atoms with Gasteiger partial charge in [-0.15, -0.1) is 5.54 Å². The van der Waals surface area contributed by atoms with Crippen LogP contribution in [0.1, 0.15) is 81.7 Å². The number of fused-ring (bicyclic) bond motifs is 1. The molecule has 1 fully saturated rings. The number of hydrogen-bond acceptors (Lipinski definition) is 4. The van der Waals surface area contributed by atoms with Gasteiger partial charge < -0.3 is 18.8 Å². The first-order chi connectivity index (χ1) is 17.2. The quantitative estimate of drug-likeness (QED) is 0.158. The van der Waals surface area contributed by atoms with Crippen LogP contribution in [0.2, 0.25) is 16.6 Å². The van der Waals surface area contributed by atoms with Crippen molar-refractivity contribution in [1.29, 1.82) is 0 Å². The van der Waals surface area contributed by atoms with E-state index in [1.54, 1.807) is 6.07 Å². The van der Waals surface area contributed by atoms with Crippen LogP contribution in [0.25, 0.3) is 10.8 Å². The smallest absolute Gasteiger partial charge is 0.468 e. The molecule has 0 bridgehead atoms. The van der Waals surface area contributed by atoms with E-state index >= 15 is 4.39 Å². The molecule has 0 N–H and O–H groups in total. The van der Waals surface area contributed by atoms with Gasteiger partial charge in [0.15, 0.2) is 6.79 Å². The van der Waals surface area contributed by atoms with Gasteiger partial charge in [-0.05, 0) is 80.3 Å². The Balaban J connectivity index is 2.29. The van der Waals surface area contributed by atoms with E-state index in [0.29, 0.717) is 39.9 Å². The van der Waals surface area contributed by atoms with Gasteiger partial charge in [0.05, 0.1) is 16.8 Å². The lowest BCUT2D eigenvalue weighted by molar-refractivity contribution is 0.00578. The molecule has 0 aliphatic carbocycles. The van der Waals surface area contributed by atoms with Gasteiger partial charge in [-0.25, -0.2) is 4.39 Å². The second-order valence-corrected chi connectivity index (χ2v) is 17.6. The highest BCUT2D eigenvalue weighted by atomic mass is 28.3. The van der Waals surface area contributed by atoms with Gasteiger partial charge in [-0.1, -0.05) is 53.5 Å². The fourth-order valence-corrected chi connectivity index (χ4v) is 10.8. The summed E-state index contributed by atoms with van der Waals surface area (Å²) in [5.41, 5.74) is 5.07. The summed E-state index contributed by atoms with van der Waals surface area (Å²) < 4.78 is 39.7. The monoisotopic (exact) mass is 526 g/mol. The molecule has 0 saturated carbocycles. The SMILES string of the molecule is CCOCOc1cc(B2OC(C)(C)C(C)(C)O2)c2c(C#C[Si](C(C)C)(C(C)C)C(C)C)c(F)ccc2c1. The number of halogens is 1. The lowest BCUT2D eigenvalue weighted by Crippen LogP contribution is -2.43. The standard InChI is InChI=1S/C30H44BFO4Si/c1-12-33-19-34-24-17-23-13-14-27(32)25(15-16-37(20(2)3,21(4)5)22(6)7)28(23)26(18-24)31-35-29(8,9)30(10,11)36-31/h13-14,17-18,20-22H,12,19H2,1-11H3. The minimum Gasteiger partial charge on any atom is -0.468 e. The Kier molecular flexibility index (Phi) is 8.91. The first-order valence-corrected chi connectivity index (χ1v) is 15.8. The maximum absolute atomic E-state index is 15.6. The van der Waals surface area contributed by atoms with Crippen LogP contribution in [-0.2, 0) is 14.0 Å². The zero-order valence-electron chi connectivity index (χ0n) is 24.5. The minimum atomic E-state index is -2.08. The van der Waals surface area contributed by atoms with Crippen LogP contribution in [-0.4, -0.2) is 39.8 Å². The third-order valence-electron chi connectivity index (χ3n) is 8.36. The van der Waals surface area contributed by atoms with E-state index in [4.69, 9.17) is 18.8 Å². The molecule has 0 unspecified atom stereocenters. The predicted molar refractivity (Wildman–Crippen MR) is 155 cm³/mol. The molecule has 37 heavy (non-hydrogen) atoms. The molecule has 3 rings (SSSR count). The summed E-state index contributed by atoms with van der Waals surface area (Å²) in [6.45, 7) is 24.2. The zero-order chi connectivity index (χ0) is 27.8. The van der Waals surface area contributed by atoms with Crippen molar-refractivity contribution in [2.75, 3.05) is 13.4 Å². The predicted octanol–water partition coefficient (Wildman–Crippen LogP) is 7.22. The van der Waals surface area contributed by atoms with E-state index in [-0.39, 0.29) is 12.6 Å². The van der Waals surface area contributed by atoms with Crippen LogP contribution in [0.15, 0.2) is 24.3 Å². The van der Waals surface area contributed by atoms with E-state index in [1.165, 1.54) is 6.07 Å². The number of ether oxygens (including phenoxy) is 2. The normalized spacial score (nSPS) is 17.1. The maximum Gasteiger partial charge on any atom is 0.495 e. The Labute approximate surface area is 224 Å². The summed E-state index contributed by atoms with van der Waals surface area (Å²) in [6, 6.07) is 7.06. The Morgan fingerprint density at radius 2 is 1.51 bits per heavy atom. The molecule has 1 aliphatic heterocycles. The lowest BCUT2D eigenvalue weighted by atomic mass is 9.74. The Hall–Kier alpha value is -1.85. The molecule has 202 valence electrons. The highest BCUT2D eigenvalue weighted by molar-refractivity contribution is 6.90. The van der Waals surface area contributed by atoms with Crippen molar-refractivity contribution in [2.45, 2.75) is 104 Å². The molecule has 1 saturated heterocycles. The fraction of sp³-hybridized carbons (Fsp3) is 0.600. The van der Waals surface area contributed by atoms with Crippen molar-refractivity contribution in [3.8, 4) is 17.2 Å². The highest BCUT2D eigenvalue weighted by Gasteiger charge is 2.52. The Morgan fingerprint density at radius 3 is 2.03 bits per heavy atom. The van der Waals surface area contributed by atoms with Gasteiger partial charge in [0, 0.05) is 12.0 Å².